The highest BCUT2D eigenvalue weighted by Crippen LogP contribution is 2.40. The van der Waals surface area contributed by atoms with E-state index in [1.165, 1.54) is 6.42 Å². The zero-order valence-corrected chi connectivity index (χ0v) is 14.6. The third kappa shape index (κ3) is 3.03. The molecule has 1 N–H and O–H groups in total. The predicted octanol–water partition coefficient (Wildman–Crippen LogP) is 4.52. The quantitative estimate of drug-likeness (QED) is 0.530. The van der Waals surface area contributed by atoms with Gasteiger partial charge in [0.2, 0.25) is 5.52 Å². The van der Waals surface area contributed by atoms with Gasteiger partial charge in [-0.15, -0.1) is 0 Å². The second-order valence-electron chi connectivity index (χ2n) is 6.19. The highest BCUT2D eigenvalue weighted by molar-refractivity contribution is 6.30. The normalized spacial score (nSPS) is 14.6. The zero-order chi connectivity index (χ0) is 18.1. The van der Waals surface area contributed by atoms with Gasteiger partial charge < -0.3 is 10.2 Å². The van der Waals surface area contributed by atoms with E-state index >= 15 is 0 Å². The van der Waals surface area contributed by atoms with E-state index in [4.69, 9.17) is 16.2 Å². The Kier molecular flexibility index (Phi) is 4.34. The molecule has 0 saturated carbocycles. The number of nitrogens with one attached hydrogen (secondary N) is 1. The van der Waals surface area contributed by atoms with Crippen molar-refractivity contribution < 1.29 is 9.55 Å². The van der Waals surface area contributed by atoms with Crippen molar-refractivity contribution in [1.29, 1.82) is 0 Å². The van der Waals surface area contributed by atoms with Gasteiger partial charge >= 0.3 is 5.69 Å². The van der Waals surface area contributed by atoms with Crippen LogP contribution in [0.3, 0.4) is 0 Å². The fraction of sp³-hybridized carbons (Fsp3) is 0.294. The minimum Gasteiger partial charge on any atom is -0.370 e. The van der Waals surface area contributed by atoms with Crippen LogP contribution in [0.5, 0.6) is 0 Å². The summed E-state index contributed by atoms with van der Waals surface area (Å²) < 4.78 is 4.83. The van der Waals surface area contributed by atoms with Crippen molar-refractivity contribution >= 4 is 45.4 Å². The average molecular weight is 374 g/mol. The van der Waals surface area contributed by atoms with Gasteiger partial charge in [0.15, 0.2) is 5.52 Å². The molecular weight excluding hydrogens is 358 g/mol. The summed E-state index contributed by atoms with van der Waals surface area (Å²) in [6, 6.07) is 8.72. The molecule has 0 aliphatic carbocycles. The van der Waals surface area contributed by atoms with Crippen molar-refractivity contribution in [2.75, 3.05) is 23.3 Å². The number of nitro groups is 1. The van der Waals surface area contributed by atoms with Gasteiger partial charge in [0.05, 0.1) is 10.6 Å². The Morgan fingerprint density at radius 2 is 1.81 bits per heavy atom. The average Bonchev–Trinajstić information content (AvgIpc) is 3.12. The van der Waals surface area contributed by atoms with Crippen molar-refractivity contribution in [3.8, 4) is 0 Å². The summed E-state index contributed by atoms with van der Waals surface area (Å²) in [5.41, 5.74) is 2.24. The van der Waals surface area contributed by atoms with E-state index in [1.807, 2.05) is 0 Å². The number of aromatic nitrogens is 2. The van der Waals surface area contributed by atoms with Gasteiger partial charge in [-0.25, -0.2) is 4.63 Å². The lowest BCUT2D eigenvalue weighted by Crippen LogP contribution is -2.29. The molecule has 1 fully saturated rings. The molecule has 1 aliphatic heterocycles. The summed E-state index contributed by atoms with van der Waals surface area (Å²) in [4.78, 5) is 13.4. The lowest BCUT2D eigenvalue weighted by Gasteiger charge is -2.29. The Labute approximate surface area is 153 Å². The Balaban J connectivity index is 1.84. The molecule has 2 aromatic carbocycles. The largest absolute Gasteiger partial charge is 0.370 e. The second kappa shape index (κ2) is 6.80. The number of rotatable bonds is 4. The maximum absolute atomic E-state index is 11.7. The predicted molar refractivity (Wildman–Crippen MR) is 99.3 cm³/mol. The van der Waals surface area contributed by atoms with Crippen LogP contribution >= 0.6 is 11.6 Å². The molecule has 2 heterocycles. The molecule has 0 bridgehead atoms. The molecule has 0 amide bonds. The van der Waals surface area contributed by atoms with Crippen LogP contribution in [0, 0.1) is 10.1 Å². The van der Waals surface area contributed by atoms with Gasteiger partial charge in [-0.2, -0.15) is 0 Å². The van der Waals surface area contributed by atoms with Gasteiger partial charge in [-0.05, 0) is 59.9 Å². The first-order valence-electron chi connectivity index (χ1n) is 8.34. The van der Waals surface area contributed by atoms with Crippen LogP contribution in [0.1, 0.15) is 19.3 Å². The van der Waals surface area contributed by atoms with Crippen LogP contribution in [0.4, 0.5) is 22.7 Å². The smallest absolute Gasteiger partial charge is 0.324 e. The summed E-state index contributed by atoms with van der Waals surface area (Å²) in [6.45, 7) is 1.75. The number of fused-ring (bicyclic) bond motifs is 1. The van der Waals surface area contributed by atoms with E-state index in [9.17, 15) is 10.1 Å². The summed E-state index contributed by atoms with van der Waals surface area (Å²) in [6.07, 6.45) is 3.33. The van der Waals surface area contributed by atoms with Crippen LogP contribution in [0.15, 0.2) is 35.0 Å². The number of benzene rings is 2. The summed E-state index contributed by atoms with van der Waals surface area (Å²) in [5.74, 6) is 0. The molecule has 4 rings (SSSR count). The second-order valence-corrected chi connectivity index (χ2v) is 6.63. The third-order valence-corrected chi connectivity index (χ3v) is 4.75. The Morgan fingerprint density at radius 1 is 1.12 bits per heavy atom. The van der Waals surface area contributed by atoms with E-state index in [1.54, 1.807) is 30.3 Å². The van der Waals surface area contributed by atoms with Crippen LogP contribution in [0.2, 0.25) is 5.02 Å². The highest BCUT2D eigenvalue weighted by Gasteiger charge is 2.28. The van der Waals surface area contributed by atoms with E-state index in [-0.39, 0.29) is 11.2 Å². The Hall–Kier alpha value is -2.87. The van der Waals surface area contributed by atoms with Gasteiger partial charge in [-0.1, -0.05) is 11.6 Å². The van der Waals surface area contributed by atoms with Crippen molar-refractivity contribution in [3.05, 3.63) is 45.5 Å². The van der Waals surface area contributed by atoms with Crippen molar-refractivity contribution in [2.24, 2.45) is 0 Å². The maximum Gasteiger partial charge on any atom is 0.324 e. The SMILES string of the molecule is O=[N+]([O-])c1c(Nc2ccc(Cl)cc2)cc(N2CCCCC2)c2nonc12. The molecule has 1 saturated heterocycles. The van der Waals surface area contributed by atoms with Gasteiger partial charge in [0.25, 0.3) is 0 Å². The number of piperidine rings is 1. The summed E-state index contributed by atoms with van der Waals surface area (Å²) in [5, 5.41) is 23.1. The van der Waals surface area contributed by atoms with Gasteiger partial charge in [0, 0.05) is 23.8 Å². The van der Waals surface area contributed by atoms with E-state index in [0.717, 1.165) is 31.6 Å². The minimum absolute atomic E-state index is 0.148. The molecule has 0 spiro atoms. The Morgan fingerprint density at radius 3 is 2.50 bits per heavy atom. The number of halogens is 1. The Bertz CT molecular complexity index is 951. The minimum atomic E-state index is -0.467. The number of nitro benzene ring substituents is 1. The zero-order valence-electron chi connectivity index (χ0n) is 13.8. The first-order valence-corrected chi connectivity index (χ1v) is 8.72. The third-order valence-electron chi connectivity index (χ3n) is 4.49. The van der Waals surface area contributed by atoms with E-state index in [2.05, 4.69) is 20.5 Å². The van der Waals surface area contributed by atoms with Crippen LogP contribution in [-0.4, -0.2) is 28.3 Å². The molecule has 9 heteroatoms. The van der Waals surface area contributed by atoms with Crippen molar-refractivity contribution in [2.45, 2.75) is 19.3 Å². The number of anilines is 3. The molecule has 3 aromatic rings. The number of nitrogens with zero attached hydrogens (tertiary/aromatic N) is 4. The van der Waals surface area contributed by atoms with E-state index in [0.29, 0.717) is 21.9 Å². The van der Waals surface area contributed by atoms with Crippen molar-refractivity contribution in [1.82, 2.24) is 10.3 Å². The van der Waals surface area contributed by atoms with Crippen LogP contribution in [-0.2, 0) is 0 Å². The lowest BCUT2D eigenvalue weighted by molar-refractivity contribution is -0.382. The first-order chi connectivity index (χ1) is 12.6. The van der Waals surface area contributed by atoms with Crippen LogP contribution < -0.4 is 10.2 Å². The first kappa shape index (κ1) is 16.6. The maximum atomic E-state index is 11.7. The van der Waals surface area contributed by atoms with Gasteiger partial charge in [0.1, 0.15) is 5.69 Å². The molecule has 0 radical (unpaired) electrons. The molecule has 0 unspecified atom stereocenters. The summed E-state index contributed by atoms with van der Waals surface area (Å²) in [7, 11) is 0. The monoisotopic (exact) mass is 373 g/mol. The van der Waals surface area contributed by atoms with E-state index < -0.39 is 4.92 Å². The molecule has 26 heavy (non-hydrogen) atoms. The fourth-order valence-corrected chi connectivity index (χ4v) is 3.38. The highest BCUT2D eigenvalue weighted by atomic mass is 35.5. The molecule has 1 aliphatic rings. The fourth-order valence-electron chi connectivity index (χ4n) is 3.26. The van der Waals surface area contributed by atoms with Gasteiger partial charge in [-0.3, -0.25) is 10.1 Å². The molecule has 1 aromatic heterocycles. The topological polar surface area (TPSA) is 97.3 Å². The molecular formula is C17H16ClN5O3. The summed E-state index contributed by atoms with van der Waals surface area (Å²) >= 11 is 5.91. The molecule has 134 valence electrons. The molecule has 8 nitrogen and oxygen atoms in total. The number of hydrogen-bond acceptors (Lipinski definition) is 7. The van der Waals surface area contributed by atoms with Crippen LogP contribution in [0.25, 0.3) is 11.0 Å². The number of hydrogen-bond donors (Lipinski definition) is 1. The lowest BCUT2D eigenvalue weighted by atomic mass is 10.1. The molecule has 0 atom stereocenters. The van der Waals surface area contributed by atoms with Crippen molar-refractivity contribution in [3.63, 3.8) is 0 Å². The standard InChI is InChI=1S/C17H16ClN5O3/c18-11-4-6-12(7-5-11)19-13-10-14(22-8-2-1-3-9-22)15-16(21-26-20-15)17(13)23(24)25/h4-7,10,19H,1-3,8-9H2.